The molecule has 2 unspecified atom stereocenters. The molecule has 2 aromatic carbocycles. The standard InChI is InChI=1S/C26H30N2O3/c1-4-14-31-22-13-9-8-12-21(22)28-25(29)23(20-10-6-5-7-11-20)24(26(28)30)27-16-18(2)15-19(3)17-27/h5-13,18-19H,4,14-17H2,1-3H3. The van der Waals surface area contributed by atoms with Crippen molar-refractivity contribution in [2.75, 3.05) is 24.6 Å². The summed E-state index contributed by atoms with van der Waals surface area (Å²) in [6.07, 6.45) is 1.97. The Morgan fingerprint density at radius 2 is 1.55 bits per heavy atom. The van der Waals surface area contributed by atoms with E-state index in [1.54, 1.807) is 6.07 Å². The van der Waals surface area contributed by atoms with Crippen molar-refractivity contribution in [1.29, 1.82) is 0 Å². The molecule has 0 spiro atoms. The number of para-hydroxylation sites is 2. The van der Waals surface area contributed by atoms with Crippen molar-refractivity contribution < 1.29 is 14.3 Å². The van der Waals surface area contributed by atoms with E-state index in [2.05, 4.69) is 18.7 Å². The van der Waals surface area contributed by atoms with Crippen LogP contribution in [0.1, 0.15) is 39.2 Å². The number of hydrogen-bond acceptors (Lipinski definition) is 4. The van der Waals surface area contributed by atoms with E-state index in [4.69, 9.17) is 4.74 Å². The summed E-state index contributed by atoms with van der Waals surface area (Å²) in [6, 6.07) is 16.8. The Kier molecular flexibility index (Phi) is 6.12. The summed E-state index contributed by atoms with van der Waals surface area (Å²) >= 11 is 0. The van der Waals surface area contributed by atoms with Crippen molar-refractivity contribution in [1.82, 2.24) is 4.90 Å². The maximum Gasteiger partial charge on any atom is 0.282 e. The van der Waals surface area contributed by atoms with Crippen LogP contribution in [0.25, 0.3) is 5.57 Å². The van der Waals surface area contributed by atoms with Crippen LogP contribution in [0.5, 0.6) is 5.75 Å². The summed E-state index contributed by atoms with van der Waals surface area (Å²) in [6.45, 7) is 8.52. The van der Waals surface area contributed by atoms with Gasteiger partial charge in [0.1, 0.15) is 11.4 Å². The first-order chi connectivity index (χ1) is 15.0. The molecule has 2 amide bonds. The molecule has 4 rings (SSSR count). The number of anilines is 1. The van der Waals surface area contributed by atoms with Crippen molar-refractivity contribution >= 4 is 23.1 Å². The first-order valence-electron chi connectivity index (χ1n) is 11.2. The van der Waals surface area contributed by atoms with E-state index >= 15 is 0 Å². The Bertz CT molecular complexity index is 989. The Morgan fingerprint density at radius 3 is 2.23 bits per heavy atom. The second kappa shape index (κ2) is 8.96. The van der Waals surface area contributed by atoms with Crippen LogP contribution >= 0.6 is 0 Å². The third kappa shape index (κ3) is 4.09. The molecule has 0 aliphatic carbocycles. The highest BCUT2D eigenvalue weighted by molar-refractivity contribution is 6.45. The van der Waals surface area contributed by atoms with E-state index in [9.17, 15) is 9.59 Å². The fraction of sp³-hybridized carbons (Fsp3) is 0.385. The molecule has 1 fully saturated rings. The number of carbonyl (C=O) groups excluding carboxylic acids is 2. The lowest BCUT2D eigenvalue weighted by Gasteiger charge is -2.37. The van der Waals surface area contributed by atoms with Crippen molar-refractivity contribution in [2.24, 2.45) is 11.8 Å². The van der Waals surface area contributed by atoms with Crippen LogP contribution in [-0.2, 0) is 9.59 Å². The molecule has 162 valence electrons. The van der Waals surface area contributed by atoms with Crippen LogP contribution in [0.2, 0.25) is 0 Å². The number of ether oxygens (including phenoxy) is 1. The summed E-state index contributed by atoms with van der Waals surface area (Å²) in [7, 11) is 0. The van der Waals surface area contributed by atoms with Gasteiger partial charge in [-0.05, 0) is 42.4 Å². The summed E-state index contributed by atoms with van der Waals surface area (Å²) < 4.78 is 5.87. The molecule has 2 aliphatic heterocycles. The summed E-state index contributed by atoms with van der Waals surface area (Å²) in [4.78, 5) is 30.9. The maximum absolute atomic E-state index is 13.8. The Morgan fingerprint density at radius 1 is 0.903 bits per heavy atom. The highest BCUT2D eigenvalue weighted by Crippen LogP contribution is 2.40. The lowest BCUT2D eigenvalue weighted by Crippen LogP contribution is -2.42. The second-order valence-corrected chi connectivity index (χ2v) is 8.70. The smallest absolute Gasteiger partial charge is 0.282 e. The number of rotatable bonds is 6. The number of likely N-dealkylation sites (tertiary alicyclic amines) is 1. The molecule has 0 bridgehead atoms. The zero-order chi connectivity index (χ0) is 22.0. The number of imide groups is 1. The highest BCUT2D eigenvalue weighted by Gasteiger charge is 2.44. The van der Waals surface area contributed by atoms with E-state index in [0.29, 0.717) is 41.1 Å². The van der Waals surface area contributed by atoms with Crippen LogP contribution in [0, 0.1) is 11.8 Å². The SMILES string of the molecule is CCCOc1ccccc1N1C(=O)C(c2ccccc2)=C(N2CC(C)CC(C)C2)C1=O. The first kappa shape index (κ1) is 21.2. The Labute approximate surface area is 184 Å². The first-order valence-corrected chi connectivity index (χ1v) is 11.2. The van der Waals surface area contributed by atoms with Gasteiger partial charge in [-0.2, -0.15) is 0 Å². The quantitative estimate of drug-likeness (QED) is 0.636. The Hall–Kier alpha value is -3.08. The number of nitrogens with zero attached hydrogens (tertiary/aromatic N) is 2. The molecule has 1 saturated heterocycles. The highest BCUT2D eigenvalue weighted by atomic mass is 16.5. The molecule has 2 heterocycles. The van der Waals surface area contributed by atoms with E-state index < -0.39 is 0 Å². The van der Waals surface area contributed by atoms with Gasteiger partial charge in [0, 0.05) is 13.1 Å². The molecular formula is C26H30N2O3. The third-order valence-corrected chi connectivity index (χ3v) is 5.87. The number of benzene rings is 2. The van der Waals surface area contributed by atoms with Crippen molar-refractivity contribution in [3.8, 4) is 5.75 Å². The number of amides is 2. The molecule has 0 N–H and O–H groups in total. The van der Waals surface area contributed by atoms with Crippen LogP contribution < -0.4 is 9.64 Å². The third-order valence-electron chi connectivity index (χ3n) is 5.87. The predicted molar refractivity (Wildman–Crippen MR) is 123 cm³/mol. The number of carbonyl (C=O) groups is 2. The normalized spacial score (nSPS) is 21.8. The monoisotopic (exact) mass is 418 g/mol. The Balaban J connectivity index is 1.80. The van der Waals surface area contributed by atoms with Gasteiger partial charge in [-0.3, -0.25) is 9.59 Å². The van der Waals surface area contributed by atoms with E-state index in [1.807, 2.05) is 55.5 Å². The van der Waals surface area contributed by atoms with Crippen molar-refractivity contribution in [3.63, 3.8) is 0 Å². The zero-order valence-electron chi connectivity index (χ0n) is 18.5. The van der Waals surface area contributed by atoms with Crippen LogP contribution in [0.3, 0.4) is 0 Å². The van der Waals surface area contributed by atoms with E-state index in [1.165, 1.54) is 4.90 Å². The van der Waals surface area contributed by atoms with Gasteiger partial charge in [0.25, 0.3) is 11.8 Å². The molecule has 2 atom stereocenters. The van der Waals surface area contributed by atoms with Gasteiger partial charge in [-0.25, -0.2) is 4.90 Å². The minimum Gasteiger partial charge on any atom is -0.491 e. The van der Waals surface area contributed by atoms with Gasteiger partial charge in [-0.15, -0.1) is 0 Å². The average molecular weight is 419 g/mol. The summed E-state index contributed by atoms with van der Waals surface area (Å²) in [5, 5.41) is 0. The zero-order valence-corrected chi connectivity index (χ0v) is 18.5. The lowest BCUT2D eigenvalue weighted by molar-refractivity contribution is -0.120. The molecule has 31 heavy (non-hydrogen) atoms. The largest absolute Gasteiger partial charge is 0.491 e. The van der Waals surface area contributed by atoms with Crippen molar-refractivity contribution in [2.45, 2.75) is 33.6 Å². The number of piperidine rings is 1. The molecule has 0 aromatic heterocycles. The molecule has 0 radical (unpaired) electrons. The minimum absolute atomic E-state index is 0.266. The van der Waals surface area contributed by atoms with Crippen LogP contribution in [0.15, 0.2) is 60.3 Å². The molecular weight excluding hydrogens is 388 g/mol. The van der Waals surface area contributed by atoms with Crippen LogP contribution in [0.4, 0.5) is 5.69 Å². The summed E-state index contributed by atoms with van der Waals surface area (Å²) in [5.74, 6) is 0.929. The molecule has 0 saturated carbocycles. The van der Waals surface area contributed by atoms with Gasteiger partial charge in [-0.1, -0.05) is 63.2 Å². The molecule has 2 aromatic rings. The average Bonchev–Trinajstić information content (AvgIpc) is 3.02. The van der Waals surface area contributed by atoms with Gasteiger partial charge < -0.3 is 9.64 Å². The second-order valence-electron chi connectivity index (χ2n) is 8.70. The molecule has 5 nitrogen and oxygen atoms in total. The topological polar surface area (TPSA) is 49.9 Å². The van der Waals surface area contributed by atoms with Gasteiger partial charge in [0.2, 0.25) is 0 Å². The minimum atomic E-state index is -0.287. The fourth-order valence-corrected chi connectivity index (χ4v) is 4.72. The van der Waals surface area contributed by atoms with Gasteiger partial charge in [0.05, 0.1) is 17.9 Å². The maximum atomic E-state index is 13.8. The molecule has 5 heteroatoms. The van der Waals surface area contributed by atoms with Crippen LogP contribution in [-0.4, -0.2) is 36.4 Å². The van der Waals surface area contributed by atoms with Gasteiger partial charge >= 0.3 is 0 Å². The lowest BCUT2D eigenvalue weighted by atomic mass is 9.91. The number of hydrogen-bond donors (Lipinski definition) is 0. The fourth-order valence-electron chi connectivity index (χ4n) is 4.72. The van der Waals surface area contributed by atoms with E-state index in [0.717, 1.165) is 31.5 Å². The predicted octanol–water partition coefficient (Wildman–Crippen LogP) is 4.74. The van der Waals surface area contributed by atoms with Crippen molar-refractivity contribution in [3.05, 3.63) is 65.9 Å². The molecule has 2 aliphatic rings. The summed E-state index contributed by atoms with van der Waals surface area (Å²) in [5.41, 5.74) is 2.28. The van der Waals surface area contributed by atoms with E-state index in [-0.39, 0.29) is 11.8 Å². The van der Waals surface area contributed by atoms with Gasteiger partial charge in [0.15, 0.2) is 0 Å².